The number of anilines is 3. The second kappa shape index (κ2) is 5.27. The SMILES string of the molecule is Cc1ccc2c(c1)C(C)(C)c1ccc(N3CCOCC3)cc1N2. The number of aryl methyl sites for hydroxylation is 1. The van der Waals surface area contributed by atoms with E-state index in [1.807, 2.05) is 0 Å². The topological polar surface area (TPSA) is 24.5 Å². The number of hydrogen-bond donors (Lipinski definition) is 1. The number of nitrogens with one attached hydrogen (secondary N) is 1. The number of nitrogens with zero attached hydrogens (tertiary/aromatic N) is 1. The highest BCUT2D eigenvalue weighted by Gasteiger charge is 2.32. The molecule has 120 valence electrons. The van der Waals surface area contributed by atoms with Crippen LogP contribution in [0.3, 0.4) is 0 Å². The van der Waals surface area contributed by atoms with E-state index >= 15 is 0 Å². The van der Waals surface area contributed by atoms with E-state index in [9.17, 15) is 0 Å². The van der Waals surface area contributed by atoms with Crippen molar-refractivity contribution in [3.8, 4) is 0 Å². The van der Waals surface area contributed by atoms with Gasteiger partial charge in [0, 0.05) is 35.6 Å². The van der Waals surface area contributed by atoms with Crippen molar-refractivity contribution in [2.45, 2.75) is 26.2 Å². The van der Waals surface area contributed by atoms with Gasteiger partial charge in [0.05, 0.1) is 13.2 Å². The van der Waals surface area contributed by atoms with Gasteiger partial charge in [0.1, 0.15) is 0 Å². The molecule has 2 aromatic rings. The number of morpholine rings is 1. The molecule has 0 spiro atoms. The quantitative estimate of drug-likeness (QED) is 0.854. The van der Waals surface area contributed by atoms with E-state index in [1.54, 1.807) is 0 Å². The Morgan fingerprint density at radius 2 is 1.74 bits per heavy atom. The normalized spacial score (nSPS) is 18.8. The maximum absolute atomic E-state index is 5.47. The first-order chi connectivity index (χ1) is 11.1. The van der Waals surface area contributed by atoms with Gasteiger partial charge in [-0.3, -0.25) is 0 Å². The monoisotopic (exact) mass is 308 g/mol. The average molecular weight is 308 g/mol. The van der Waals surface area contributed by atoms with Gasteiger partial charge in [0.25, 0.3) is 0 Å². The van der Waals surface area contributed by atoms with Crippen molar-refractivity contribution in [3.05, 3.63) is 53.1 Å². The molecule has 0 atom stereocenters. The third kappa shape index (κ3) is 2.40. The number of benzene rings is 2. The van der Waals surface area contributed by atoms with Gasteiger partial charge in [-0.2, -0.15) is 0 Å². The predicted molar refractivity (Wildman–Crippen MR) is 96.1 cm³/mol. The Balaban J connectivity index is 1.76. The average Bonchev–Trinajstić information content (AvgIpc) is 2.56. The summed E-state index contributed by atoms with van der Waals surface area (Å²) in [5, 5.41) is 3.64. The van der Waals surface area contributed by atoms with E-state index in [-0.39, 0.29) is 5.41 Å². The molecule has 0 aliphatic carbocycles. The highest BCUT2D eigenvalue weighted by molar-refractivity contribution is 5.78. The van der Waals surface area contributed by atoms with Crippen molar-refractivity contribution < 1.29 is 4.74 Å². The van der Waals surface area contributed by atoms with Gasteiger partial charge in [-0.05, 0) is 36.2 Å². The molecule has 1 saturated heterocycles. The van der Waals surface area contributed by atoms with Crippen molar-refractivity contribution in [3.63, 3.8) is 0 Å². The minimum absolute atomic E-state index is 0.0193. The second-order valence-corrected chi connectivity index (χ2v) is 7.13. The smallest absolute Gasteiger partial charge is 0.0642 e. The van der Waals surface area contributed by atoms with Crippen LogP contribution in [0.1, 0.15) is 30.5 Å². The lowest BCUT2D eigenvalue weighted by molar-refractivity contribution is 0.122. The van der Waals surface area contributed by atoms with Crippen LogP contribution in [0, 0.1) is 6.92 Å². The van der Waals surface area contributed by atoms with Crippen LogP contribution in [0.2, 0.25) is 0 Å². The molecule has 2 aromatic carbocycles. The largest absolute Gasteiger partial charge is 0.378 e. The van der Waals surface area contributed by atoms with Gasteiger partial charge in [0.2, 0.25) is 0 Å². The number of ether oxygens (including phenoxy) is 1. The third-order valence-corrected chi connectivity index (χ3v) is 5.17. The number of fused-ring (bicyclic) bond motifs is 2. The first-order valence-corrected chi connectivity index (χ1v) is 8.41. The van der Waals surface area contributed by atoms with Crippen LogP contribution in [-0.4, -0.2) is 26.3 Å². The summed E-state index contributed by atoms with van der Waals surface area (Å²) in [6.45, 7) is 10.4. The van der Waals surface area contributed by atoms with Gasteiger partial charge in [0.15, 0.2) is 0 Å². The first-order valence-electron chi connectivity index (χ1n) is 8.41. The second-order valence-electron chi connectivity index (χ2n) is 7.13. The van der Waals surface area contributed by atoms with Gasteiger partial charge in [-0.25, -0.2) is 0 Å². The van der Waals surface area contributed by atoms with E-state index in [4.69, 9.17) is 4.74 Å². The van der Waals surface area contributed by atoms with Crippen molar-refractivity contribution in [2.75, 3.05) is 36.5 Å². The maximum Gasteiger partial charge on any atom is 0.0642 e. The molecule has 0 radical (unpaired) electrons. The molecule has 2 aliphatic rings. The zero-order valence-corrected chi connectivity index (χ0v) is 14.1. The molecular formula is C20H24N2O. The Hall–Kier alpha value is -2.00. The summed E-state index contributed by atoms with van der Waals surface area (Å²) >= 11 is 0. The molecule has 0 amide bonds. The Labute approximate surface area is 138 Å². The third-order valence-electron chi connectivity index (χ3n) is 5.17. The number of hydrogen-bond acceptors (Lipinski definition) is 3. The summed E-state index contributed by atoms with van der Waals surface area (Å²) in [6, 6.07) is 13.5. The van der Waals surface area contributed by atoms with Gasteiger partial charge >= 0.3 is 0 Å². The van der Waals surface area contributed by atoms with Crippen LogP contribution in [0.4, 0.5) is 17.1 Å². The Morgan fingerprint density at radius 3 is 2.52 bits per heavy atom. The molecule has 4 rings (SSSR count). The molecule has 0 bridgehead atoms. The van der Waals surface area contributed by atoms with Crippen LogP contribution in [0.5, 0.6) is 0 Å². The zero-order chi connectivity index (χ0) is 16.0. The fourth-order valence-corrected chi connectivity index (χ4v) is 3.77. The van der Waals surface area contributed by atoms with E-state index in [0.717, 1.165) is 26.3 Å². The van der Waals surface area contributed by atoms with Crippen LogP contribution >= 0.6 is 0 Å². The van der Waals surface area contributed by atoms with Gasteiger partial charge in [-0.15, -0.1) is 0 Å². The van der Waals surface area contributed by atoms with Gasteiger partial charge in [-0.1, -0.05) is 37.6 Å². The Morgan fingerprint density at radius 1 is 0.957 bits per heavy atom. The highest BCUT2D eigenvalue weighted by atomic mass is 16.5. The summed E-state index contributed by atoms with van der Waals surface area (Å²) in [5.74, 6) is 0. The molecule has 23 heavy (non-hydrogen) atoms. The molecule has 3 heteroatoms. The standard InChI is InChI=1S/C20H24N2O/c1-14-4-7-18-17(12-14)20(2,3)16-6-5-15(13-19(16)21-18)22-8-10-23-11-9-22/h4-7,12-13,21H,8-11H2,1-3H3. The molecule has 0 unspecified atom stereocenters. The van der Waals surface area contributed by atoms with Crippen molar-refractivity contribution in [1.82, 2.24) is 0 Å². The molecule has 1 N–H and O–H groups in total. The summed E-state index contributed by atoms with van der Waals surface area (Å²) in [5.41, 5.74) is 7.82. The van der Waals surface area contributed by atoms with Crippen LogP contribution in [-0.2, 0) is 10.2 Å². The van der Waals surface area contributed by atoms with Gasteiger partial charge < -0.3 is 15.0 Å². The van der Waals surface area contributed by atoms with E-state index < -0.39 is 0 Å². The van der Waals surface area contributed by atoms with Crippen molar-refractivity contribution in [1.29, 1.82) is 0 Å². The molecule has 2 heterocycles. The lowest BCUT2D eigenvalue weighted by Gasteiger charge is -2.37. The van der Waals surface area contributed by atoms with Crippen LogP contribution in [0.25, 0.3) is 0 Å². The molecular weight excluding hydrogens is 284 g/mol. The summed E-state index contributed by atoms with van der Waals surface area (Å²) in [6.07, 6.45) is 0. The fraction of sp³-hybridized carbons (Fsp3) is 0.400. The first kappa shape index (κ1) is 14.6. The highest BCUT2D eigenvalue weighted by Crippen LogP contribution is 2.46. The lowest BCUT2D eigenvalue weighted by Crippen LogP contribution is -2.36. The Bertz CT molecular complexity index is 745. The maximum atomic E-state index is 5.47. The van der Waals surface area contributed by atoms with E-state index in [0.29, 0.717) is 0 Å². The van der Waals surface area contributed by atoms with Crippen molar-refractivity contribution >= 4 is 17.1 Å². The lowest BCUT2D eigenvalue weighted by atomic mass is 9.74. The van der Waals surface area contributed by atoms with E-state index in [2.05, 4.69) is 67.4 Å². The molecule has 3 nitrogen and oxygen atoms in total. The minimum atomic E-state index is 0.0193. The molecule has 0 saturated carbocycles. The molecule has 1 fully saturated rings. The minimum Gasteiger partial charge on any atom is -0.378 e. The summed E-state index contributed by atoms with van der Waals surface area (Å²) in [4.78, 5) is 2.41. The van der Waals surface area contributed by atoms with Crippen molar-refractivity contribution in [2.24, 2.45) is 0 Å². The summed E-state index contributed by atoms with van der Waals surface area (Å²) in [7, 11) is 0. The Kier molecular flexibility index (Phi) is 3.34. The fourth-order valence-electron chi connectivity index (χ4n) is 3.77. The van der Waals surface area contributed by atoms with Crippen LogP contribution in [0.15, 0.2) is 36.4 Å². The van der Waals surface area contributed by atoms with Crippen LogP contribution < -0.4 is 10.2 Å². The summed E-state index contributed by atoms with van der Waals surface area (Å²) < 4.78 is 5.47. The number of rotatable bonds is 1. The predicted octanol–water partition coefficient (Wildman–Crippen LogP) is 4.21. The molecule has 0 aromatic heterocycles. The van der Waals surface area contributed by atoms with E-state index in [1.165, 1.54) is 33.8 Å². The zero-order valence-electron chi connectivity index (χ0n) is 14.1. The molecule has 2 aliphatic heterocycles.